The minimum absolute atomic E-state index is 0. The van der Waals surface area contributed by atoms with Gasteiger partial charge in [0.1, 0.15) is 0 Å². The standard InChI is InChI=1S/C18H27N3OS.ClH/c22-17(10-15-2-1-6-20-15)21(12-14-3-9-23-13-14)16-11-18(16)4-7-19-8-5-18;/h3,9,13,15-16,19-20H,1-2,4-8,10-12H2;1H. The largest absolute Gasteiger partial charge is 0.335 e. The zero-order valence-electron chi connectivity index (χ0n) is 14.1. The summed E-state index contributed by atoms with van der Waals surface area (Å²) in [7, 11) is 0. The average molecular weight is 370 g/mol. The Morgan fingerprint density at radius 2 is 2.17 bits per heavy atom. The number of carbonyl (C=O) groups excluding carboxylic acids is 1. The molecule has 4 nitrogen and oxygen atoms in total. The highest BCUT2D eigenvalue weighted by atomic mass is 35.5. The van der Waals surface area contributed by atoms with Crippen molar-refractivity contribution in [3.8, 4) is 0 Å². The maximum Gasteiger partial charge on any atom is 0.224 e. The molecule has 2 atom stereocenters. The highest BCUT2D eigenvalue weighted by Gasteiger charge is 2.57. The van der Waals surface area contributed by atoms with E-state index in [1.165, 1.54) is 31.2 Å². The van der Waals surface area contributed by atoms with Gasteiger partial charge in [0, 0.05) is 25.0 Å². The van der Waals surface area contributed by atoms with Gasteiger partial charge >= 0.3 is 0 Å². The van der Waals surface area contributed by atoms with E-state index in [2.05, 4.69) is 32.4 Å². The molecule has 2 N–H and O–H groups in total. The minimum Gasteiger partial charge on any atom is -0.335 e. The first-order valence-corrected chi connectivity index (χ1v) is 9.96. The first kappa shape index (κ1) is 18.2. The Morgan fingerprint density at radius 3 is 2.83 bits per heavy atom. The Morgan fingerprint density at radius 1 is 1.33 bits per heavy atom. The summed E-state index contributed by atoms with van der Waals surface area (Å²) >= 11 is 1.73. The highest BCUT2D eigenvalue weighted by Crippen LogP contribution is 2.56. The number of halogens is 1. The molecule has 2 saturated heterocycles. The smallest absolute Gasteiger partial charge is 0.224 e. The van der Waals surface area contributed by atoms with Crippen molar-refractivity contribution in [2.24, 2.45) is 5.41 Å². The summed E-state index contributed by atoms with van der Waals surface area (Å²) in [5.74, 6) is 0.357. The molecule has 2 aliphatic heterocycles. The van der Waals surface area contributed by atoms with Crippen molar-refractivity contribution < 1.29 is 4.79 Å². The lowest BCUT2D eigenvalue weighted by Gasteiger charge is -2.30. The molecule has 0 aromatic carbocycles. The van der Waals surface area contributed by atoms with Gasteiger partial charge in [0.2, 0.25) is 5.91 Å². The van der Waals surface area contributed by atoms with E-state index in [9.17, 15) is 4.79 Å². The number of piperidine rings is 1. The minimum atomic E-state index is 0. The molecule has 3 aliphatic rings. The van der Waals surface area contributed by atoms with Crippen LogP contribution < -0.4 is 10.6 Å². The maximum atomic E-state index is 13.0. The molecule has 0 radical (unpaired) electrons. The second kappa shape index (κ2) is 7.73. The van der Waals surface area contributed by atoms with E-state index in [1.807, 2.05) is 0 Å². The van der Waals surface area contributed by atoms with E-state index < -0.39 is 0 Å². The van der Waals surface area contributed by atoms with Crippen LogP contribution in [0.4, 0.5) is 0 Å². The lowest BCUT2D eigenvalue weighted by Crippen LogP contribution is -2.41. The van der Waals surface area contributed by atoms with E-state index in [-0.39, 0.29) is 12.4 Å². The fourth-order valence-corrected chi connectivity index (χ4v) is 5.10. The summed E-state index contributed by atoms with van der Waals surface area (Å²) in [6.45, 7) is 4.10. The van der Waals surface area contributed by atoms with Crippen molar-refractivity contribution in [3.63, 3.8) is 0 Å². The van der Waals surface area contributed by atoms with Crippen LogP contribution in [0.1, 0.15) is 44.1 Å². The average Bonchev–Trinajstić information content (AvgIpc) is 2.99. The fourth-order valence-electron chi connectivity index (χ4n) is 4.44. The summed E-state index contributed by atoms with van der Waals surface area (Å²) in [5, 5.41) is 11.2. The molecule has 3 heterocycles. The summed E-state index contributed by atoms with van der Waals surface area (Å²) < 4.78 is 0. The summed E-state index contributed by atoms with van der Waals surface area (Å²) in [6.07, 6.45) is 6.70. The Balaban J connectivity index is 0.00000169. The second-order valence-electron chi connectivity index (χ2n) is 7.48. The van der Waals surface area contributed by atoms with E-state index >= 15 is 0 Å². The van der Waals surface area contributed by atoms with Crippen molar-refractivity contribution in [2.45, 2.75) is 57.2 Å². The van der Waals surface area contributed by atoms with Gasteiger partial charge in [-0.3, -0.25) is 4.79 Å². The van der Waals surface area contributed by atoms with Gasteiger partial charge in [0.25, 0.3) is 0 Å². The van der Waals surface area contributed by atoms with Gasteiger partial charge in [-0.2, -0.15) is 11.3 Å². The number of hydrogen-bond acceptors (Lipinski definition) is 4. The molecule has 134 valence electrons. The van der Waals surface area contributed by atoms with Gasteiger partial charge in [-0.05, 0) is 79.5 Å². The summed E-state index contributed by atoms with van der Waals surface area (Å²) in [5.41, 5.74) is 1.71. The molecule has 6 heteroatoms. The normalized spacial score (nSPS) is 27.7. The summed E-state index contributed by atoms with van der Waals surface area (Å²) in [6, 6.07) is 3.03. The van der Waals surface area contributed by atoms with Crippen LogP contribution in [0, 0.1) is 5.41 Å². The van der Waals surface area contributed by atoms with E-state index in [4.69, 9.17) is 0 Å². The van der Waals surface area contributed by atoms with Crippen LogP contribution in [-0.2, 0) is 11.3 Å². The predicted octanol–water partition coefficient (Wildman–Crippen LogP) is 2.78. The number of nitrogens with zero attached hydrogens (tertiary/aromatic N) is 1. The highest BCUT2D eigenvalue weighted by molar-refractivity contribution is 7.07. The molecule has 1 amide bonds. The van der Waals surface area contributed by atoms with Crippen LogP contribution in [0.15, 0.2) is 16.8 Å². The topological polar surface area (TPSA) is 44.4 Å². The number of carbonyl (C=O) groups is 1. The molecule has 24 heavy (non-hydrogen) atoms. The molecular formula is C18H28ClN3OS. The molecule has 1 spiro atoms. The third kappa shape index (κ3) is 3.79. The molecule has 4 rings (SSSR count). The quantitative estimate of drug-likeness (QED) is 0.838. The number of thiophene rings is 1. The van der Waals surface area contributed by atoms with Gasteiger partial charge < -0.3 is 15.5 Å². The Hall–Kier alpha value is -0.620. The lowest BCUT2D eigenvalue weighted by atomic mass is 9.93. The zero-order chi connectivity index (χ0) is 15.7. The van der Waals surface area contributed by atoms with Gasteiger partial charge in [-0.15, -0.1) is 12.4 Å². The lowest BCUT2D eigenvalue weighted by molar-refractivity contribution is -0.133. The Bertz CT molecular complexity index is 538. The van der Waals surface area contributed by atoms with E-state index in [0.717, 1.165) is 32.6 Å². The van der Waals surface area contributed by atoms with Crippen molar-refractivity contribution in [2.75, 3.05) is 19.6 Å². The third-order valence-electron chi connectivity index (χ3n) is 5.96. The number of rotatable bonds is 5. The molecule has 0 bridgehead atoms. The SMILES string of the molecule is Cl.O=C(CC1CCCN1)N(Cc1ccsc1)C1CC12CCNCC2. The van der Waals surface area contributed by atoms with Crippen molar-refractivity contribution in [1.29, 1.82) is 0 Å². The molecule has 1 saturated carbocycles. The van der Waals surface area contributed by atoms with Gasteiger partial charge in [-0.25, -0.2) is 0 Å². The third-order valence-corrected chi connectivity index (χ3v) is 6.69. The van der Waals surface area contributed by atoms with Crippen molar-refractivity contribution >= 4 is 29.7 Å². The van der Waals surface area contributed by atoms with Crippen LogP contribution in [0.25, 0.3) is 0 Å². The molecule has 1 aliphatic carbocycles. The van der Waals surface area contributed by atoms with Crippen LogP contribution in [0.5, 0.6) is 0 Å². The molecule has 1 aromatic rings. The monoisotopic (exact) mass is 369 g/mol. The number of amides is 1. The van der Waals surface area contributed by atoms with Crippen LogP contribution in [-0.4, -0.2) is 42.5 Å². The van der Waals surface area contributed by atoms with Gasteiger partial charge in [0.05, 0.1) is 0 Å². The fraction of sp³-hybridized carbons (Fsp3) is 0.722. The van der Waals surface area contributed by atoms with E-state index in [1.54, 1.807) is 11.3 Å². The van der Waals surface area contributed by atoms with Gasteiger partial charge in [0.15, 0.2) is 0 Å². The summed E-state index contributed by atoms with van der Waals surface area (Å²) in [4.78, 5) is 15.2. The first-order valence-electron chi connectivity index (χ1n) is 9.01. The maximum absolute atomic E-state index is 13.0. The van der Waals surface area contributed by atoms with Crippen LogP contribution in [0.3, 0.4) is 0 Å². The number of hydrogen-bond donors (Lipinski definition) is 2. The van der Waals surface area contributed by atoms with Crippen LogP contribution in [0.2, 0.25) is 0 Å². The Labute approximate surface area is 154 Å². The van der Waals surface area contributed by atoms with Gasteiger partial charge in [-0.1, -0.05) is 0 Å². The first-order chi connectivity index (χ1) is 11.3. The number of nitrogens with one attached hydrogen (secondary N) is 2. The molecule has 2 unspecified atom stereocenters. The van der Waals surface area contributed by atoms with E-state index in [0.29, 0.717) is 29.8 Å². The Kier molecular flexibility index (Phi) is 5.85. The second-order valence-corrected chi connectivity index (χ2v) is 8.26. The molecule has 1 aromatic heterocycles. The van der Waals surface area contributed by atoms with Crippen LogP contribution >= 0.6 is 23.7 Å². The molecule has 3 fully saturated rings. The zero-order valence-corrected chi connectivity index (χ0v) is 15.8. The van der Waals surface area contributed by atoms with Crippen molar-refractivity contribution in [1.82, 2.24) is 15.5 Å². The molecular weight excluding hydrogens is 342 g/mol. The predicted molar refractivity (Wildman–Crippen MR) is 101 cm³/mol. The van der Waals surface area contributed by atoms with Crippen molar-refractivity contribution in [3.05, 3.63) is 22.4 Å².